The molecule has 1 aromatic heterocycles. The Hall–Kier alpha value is -1.81. The summed E-state index contributed by atoms with van der Waals surface area (Å²) in [5.41, 5.74) is 4.44. The van der Waals surface area contributed by atoms with Crippen molar-refractivity contribution in [2.45, 2.75) is 24.8 Å². The predicted molar refractivity (Wildman–Crippen MR) is 86.1 cm³/mol. The minimum atomic E-state index is -4.64. The second kappa shape index (κ2) is 7.07. The summed E-state index contributed by atoms with van der Waals surface area (Å²) in [6.45, 7) is -0.280. The third-order valence-corrected chi connectivity index (χ3v) is 4.20. The summed E-state index contributed by atoms with van der Waals surface area (Å²) in [5.74, 6) is -1.65. The van der Waals surface area contributed by atoms with Gasteiger partial charge >= 0.3 is 12.4 Å². The summed E-state index contributed by atoms with van der Waals surface area (Å²) in [7, 11) is 0. The van der Waals surface area contributed by atoms with Crippen LogP contribution < -0.4 is 10.6 Å². The van der Waals surface area contributed by atoms with Gasteiger partial charge in [0.1, 0.15) is 11.0 Å². The molecule has 0 bridgehead atoms. The molecule has 0 unspecified atom stereocenters. The SMILES string of the molecule is Cl.N[C@H]1C[C@@H](C(F)(F)F)CN(c2ccc(C(F)(F)F)c3nccnc23)C1. The Balaban J connectivity index is 0.00000243. The van der Waals surface area contributed by atoms with Gasteiger partial charge in [0.2, 0.25) is 0 Å². The van der Waals surface area contributed by atoms with Crippen LogP contribution >= 0.6 is 12.4 Å². The second-order valence-electron chi connectivity index (χ2n) is 6.02. The van der Waals surface area contributed by atoms with E-state index >= 15 is 0 Å². The lowest BCUT2D eigenvalue weighted by Crippen LogP contribution is -2.51. The number of aromatic nitrogens is 2. The summed E-state index contributed by atoms with van der Waals surface area (Å²) in [6, 6.07) is 1.20. The molecule has 2 N–H and O–H groups in total. The molecule has 1 aliphatic rings. The van der Waals surface area contributed by atoms with Crippen LogP contribution in [0.3, 0.4) is 0 Å². The Bertz CT molecular complexity index is 779. The van der Waals surface area contributed by atoms with E-state index < -0.39 is 35.4 Å². The number of nitrogens with zero attached hydrogens (tertiary/aromatic N) is 3. The van der Waals surface area contributed by atoms with Crippen LogP contribution in [0.4, 0.5) is 32.0 Å². The molecule has 1 saturated heterocycles. The maximum Gasteiger partial charge on any atom is 0.418 e. The van der Waals surface area contributed by atoms with Gasteiger partial charge in [-0.3, -0.25) is 9.97 Å². The van der Waals surface area contributed by atoms with E-state index in [9.17, 15) is 26.3 Å². The number of nitrogens with two attached hydrogens (primary N) is 1. The molecule has 0 aliphatic carbocycles. The number of rotatable bonds is 1. The van der Waals surface area contributed by atoms with Crippen molar-refractivity contribution in [3.63, 3.8) is 0 Å². The molecule has 1 aromatic carbocycles. The maximum absolute atomic E-state index is 13.1. The number of benzene rings is 1. The Morgan fingerprint density at radius 2 is 1.58 bits per heavy atom. The standard InChI is InChI=1S/C15H14F6N4.ClH/c16-14(17,18)8-5-9(22)7-25(6-8)11-2-1-10(15(19,20)21)12-13(11)24-4-3-23-12;/h1-4,8-9H,5-7,22H2;1H/t8-,9+;/m1./s1. The summed E-state index contributed by atoms with van der Waals surface area (Å²) in [6.07, 6.45) is -6.97. The van der Waals surface area contributed by atoms with E-state index in [1.165, 1.54) is 11.1 Å². The summed E-state index contributed by atoms with van der Waals surface area (Å²) < 4.78 is 78.6. The third-order valence-electron chi connectivity index (χ3n) is 4.20. The van der Waals surface area contributed by atoms with Gasteiger partial charge in [-0.05, 0) is 18.6 Å². The average molecular weight is 401 g/mol. The molecule has 144 valence electrons. The first-order valence-corrected chi connectivity index (χ1v) is 7.45. The van der Waals surface area contributed by atoms with E-state index in [4.69, 9.17) is 5.73 Å². The fourth-order valence-electron chi connectivity index (χ4n) is 3.10. The Kier molecular flexibility index (Phi) is 5.57. The fourth-order valence-corrected chi connectivity index (χ4v) is 3.10. The van der Waals surface area contributed by atoms with E-state index in [1.807, 2.05) is 0 Å². The van der Waals surface area contributed by atoms with E-state index in [0.29, 0.717) is 0 Å². The van der Waals surface area contributed by atoms with Crippen molar-refractivity contribution in [1.82, 2.24) is 9.97 Å². The highest BCUT2D eigenvalue weighted by molar-refractivity contribution is 5.90. The van der Waals surface area contributed by atoms with Crippen LogP contribution in [0.25, 0.3) is 11.0 Å². The lowest BCUT2D eigenvalue weighted by molar-refractivity contribution is -0.177. The molecule has 4 nitrogen and oxygen atoms in total. The minimum Gasteiger partial charge on any atom is -0.368 e. The van der Waals surface area contributed by atoms with Crippen molar-refractivity contribution in [3.05, 3.63) is 30.1 Å². The topological polar surface area (TPSA) is 55.0 Å². The predicted octanol–water partition coefficient (Wildman–Crippen LogP) is 3.79. The van der Waals surface area contributed by atoms with Gasteiger partial charge in [0.05, 0.1) is 17.2 Å². The van der Waals surface area contributed by atoms with Gasteiger partial charge in [-0.2, -0.15) is 26.3 Å². The summed E-state index contributed by atoms with van der Waals surface area (Å²) in [4.78, 5) is 8.98. The quantitative estimate of drug-likeness (QED) is 0.740. The zero-order valence-corrected chi connectivity index (χ0v) is 14.0. The Labute approximate surface area is 150 Å². The lowest BCUT2D eigenvalue weighted by atomic mass is 9.93. The van der Waals surface area contributed by atoms with Crippen LogP contribution in [-0.2, 0) is 6.18 Å². The normalized spacial score (nSPS) is 21.6. The van der Waals surface area contributed by atoms with Crippen LogP contribution in [0.1, 0.15) is 12.0 Å². The van der Waals surface area contributed by atoms with Crippen molar-refractivity contribution in [1.29, 1.82) is 0 Å². The highest BCUT2D eigenvalue weighted by Gasteiger charge is 2.44. The molecule has 26 heavy (non-hydrogen) atoms. The number of piperidine rings is 1. The molecule has 0 saturated carbocycles. The molecule has 2 heterocycles. The molecule has 1 aliphatic heterocycles. The first-order chi connectivity index (χ1) is 11.6. The Morgan fingerprint density at radius 3 is 2.15 bits per heavy atom. The maximum atomic E-state index is 13.1. The highest BCUT2D eigenvalue weighted by atomic mass is 35.5. The van der Waals surface area contributed by atoms with Crippen molar-refractivity contribution in [3.8, 4) is 0 Å². The number of fused-ring (bicyclic) bond motifs is 1. The van der Waals surface area contributed by atoms with E-state index in [0.717, 1.165) is 18.3 Å². The molecule has 2 aromatic rings. The zero-order chi connectivity index (χ0) is 18.4. The second-order valence-corrected chi connectivity index (χ2v) is 6.02. The first kappa shape index (κ1) is 20.5. The van der Waals surface area contributed by atoms with E-state index in [1.54, 1.807) is 0 Å². The summed E-state index contributed by atoms with van der Waals surface area (Å²) >= 11 is 0. The molecular weight excluding hydrogens is 386 g/mol. The van der Waals surface area contributed by atoms with Gasteiger partial charge in [-0.1, -0.05) is 0 Å². The lowest BCUT2D eigenvalue weighted by Gasteiger charge is -2.38. The molecule has 2 atom stereocenters. The highest BCUT2D eigenvalue weighted by Crippen LogP contribution is 2.39. The summed E-state index contributed by atoms with van der Waals surface area (Å²) in [5, 5.41) is 0. The van der Waals surface area contributed by atoms with Gasteiger partial charge < -0.3 is 10.6 Å². The first-order valence-electron chi connectivity index (χ1n) is 7.45. The molecule has 11 heteroatoms. The number of hydrogen-bond acceptors (Lipinski definition) is 4. The van der Waals surface area contributed by atoms with Crippen LogP contribution in [0.5, 0.6) is 0 Å². The number of anilines is 1. The molecule has 1 fully saturated rings. The molecule has 0 radical (unpaired) electrons. The van der Waals surface area contributed by atoms with Crippen molar-refractivity contribution in [2.75, 3.05) is 18.0 Å². The average Bonchev–Trinajstić information content (AvgIpc) is 2.51. The zero-order valence-electron chi connectivity index (χ0n) is 13.2. The fraction of sp³-hybridized carbons (Fsp3) is 0.467. The largest absolute Gasteiger partial charge is 0.418 e. The van der Waals surface area contributed by atoms with Gasteiger partial charge in [-0.25, -0.2) is 0 Å². The number of alkyl halides is 6. The molecule has 3 rings (SSSR count). The Morgan fingerprint density at radius 1 is 0.962 bits per heavy atom. The molecule has 0 spiro atoms. The third kappa shape index (κ3) is 3.96. The number of halogens is 7. The van der Waals surface area contributed by atoms with Crippen LogP contribution in [-0.4, -0.2) is 35.3 Å². The van der Waals surface area contributed by atoms with E-state index in [-0.39, 0.29) is 43.1 Å². The van der Waals surface area contributed by atoms with Crippen LogP contribution in [0.15, 0.2) is 24.5 Å². The van der Waals surface area contributed by atoms with E-state index in [2.05, 4.69) is 9.97 Å². The van der Waals surface area contributed by atoms with Crippen LogP contribution in [0.2, 0.25) is 0 Å². The van der Waals surface area contributed by atoms with Crippen molar-refractivity contribution < 1.29 is 26.3 Å². The minimum absolute atomic E-state index is 0. The molecule has 0 amide bonds. The van der Waals surface area contributed by atoms with Gasteiger partial charge in [0.25, 0.3) is 0 Å². The number of hydrogen-bond donors (Lipinski definition) is 1. The van der Waals surface area contributed by atoms with Gasteiger partial charge in [0.15, 0.2) is 0 Å². The van der Waals surface area contributed by atoms with Crippen LogP contribution in [0, 0.1) is 5.92 Å². The monoisotopic (exact) mass is 400 g/mol. The van der Waals surface area contributed by atoms with Crippen molar-refractivity contribution in [2.24, 2.45) is 11.7 Å². The van der Waals surface area contributed by atoms with Gasteiger partial charge in [-0.15, -0.1) is 12.4 Å². The molecular formula is C15H15ClF6N4. The smallest absolute Gasteiger partial charge is 0.368 e. The van der Waals surface area contributed by atoms with Gasteiger partial charge in [0, 0.05) is 31.5 Å². The van der Waals surface area contributed by atoms with Crippen molar-refractivity contribution >= 4 is 29.1 Å².